The van der Waals surface area contributed by atoms with Crippen LogP contribution >= 0.6 is 15.9 Å². The first-order chi connectivity index (χ1) is 9.65. The van der Waals surface area contributed by atoms with E-state index in [9.17, 15) is 5.11 Å². The molecule has 2 aromatic rings. The number of halogens is 1. The lowest BCUT2D eigenvalue weighted by atomic mass is 9.96. The summed E-state index contributed by atoms with van der Waals surface area (Å²) in [5.74, 6) is 0.321. The minimum absolute atomic E-state index is 0.321. The van der Waals surface area contributed by atoms with Crippen LogP contribution < -0.4 is 4.90 Å². The van der Waals surface area contributed by atoms with E-state index in [1.165, 1.54) is 17.7 Å². The molecule has 0 aliphatic carbocycles. The van der Waals surface area contributed by atoms with Crippen molar-refractivity contribution in [2.75, 3.05) is 4.90 Å². The topological polar surface area (TPSA) is 23.5 Å². The molecule has 2 nitrogen and oxygen atoms in total. The van der Waals surface area contributed by atoms with Gasteiger partial charge in [-0.1, -0.05) is 34.1 Å². The summed E-state index contributed by atoms with van der Waals surface area (Å²) in [6.07, 6.45) is 2.32. The molecule has 1 aliphatic heterocycles. The van der Waals surface area contributed by atoms with E-state index in [4.69, 9.17) is 0 Å². The summed E-state index contributed by atoms with van der Waals surface area (Å²) in [6.45, 7) is 3.08. The largest absolute Gasteiger partial charge is 0.508 e. The number of hydrogen-bond acceptors (Lipinski definition) is 2. The van der Waals surface area contributed by atoms with Crippen molar-refractivity contribution in [3.63, 3.8) is 0 Å². The quantitative estimate of drug-likeness (QED) is 0.875. The van der Waals surface area contributed by atoms with Crippen molar-refractivity contribution in [2.45, 2.75) is 32.4 Å². The van der Waals surface area contributed by atoms with Gasteiger partial charge in [-0.05, 0) is 55.2 Å². The standard InChI is InChI=1S/C17H18BrNO/c1-12-6-7-13-4-2-3-5-17(13)19(12)11-14-10-15(20)8-9-16(14)18/h2-5,8-10,12,20H,6-7,11H2,1H3. The Hall–Kier alpha value is -1.48. The number of phenols is 1. The summed E-state index contributed by atoms with van der Waals surface area (Å²) < 4.78 is 1.05. The van der Waals surface area contributed by atoms with E-state index in [0.29, 0.717) is 11.8 Å². The molecule has 1 N–H and O–H groups in total. The van der Waals surface area contributed by atoms with Gasteiger partial charge in [-0.15, -0.1) is 0 Å². The van der Waals surface area contributed by atoms with Crippen LogP contribution in [0.5, 0.6) is 5.75 Å². The van der Waals surface area contributed by atoms with Crippen LogP contribution in [-0.4, -0.2) is 11.1 Å². The molecule has 20 heavy (non-hydrogen) atoms. The summed E-state index contributed by atoms with van der Waals surface area (Å²) in [6, 6.07) is 14.6. The van der Waals surface area contributed by atoms with Gasteiger partial charge in [0.05, 0.1) is 0 Å². The molecule has 0 saturated heterocycles. The number of hydrogen-bond donors (Lipinski definition) is 1. The second-order valence-corrected chi connectivity index (χ2v) is 6.27. The van der Waals surface area contributed by atoms with Crippen molar-refractivity contribution in [1.82, 2.24) is 0 Å². The number of aryl methyl sites for hydroxylation is 1. The Bertz CT molecular complexity index is 626. The zero-order valence-electron chi connectivity index (χ0n) is 11.5. The van der Waals surface area contributed by atoms with Gasteiger partial charge in [-0.2, -0.15) is 0 Å². The van der Waals surface area contributed by atoms with E-state index in [0.717, 1.165) is 23.0 Å². The number of fused-ring (bicyclic) bond motifs is 1. The highest BCUT2D eigenvalue weighted by molar-refractivity contribution is 9.10. The molecule has 0 fully saturated rings. The van der Waals surface area contributed by atoms with Gasteiger partial charge in [0.25, 0.3) is 0 Å². The zero-order valence-corrected chi connectivity index (χ0v) is 13.1. The van der Waals surface area contributed by atoms with Crippen LogP contribution in [0.4, 0.5) is 5.69 Å². The first kappa shape index (κ1) is 13.5. The van der Waals surface area contributed by atoms with Gasteiger partial charge in [-0.25, -0.2) is 0 Å². The highest BCUT2D eigenvalue weighted by Gasteiger charge is 2.23. The van der Waals surface area contributed by atoms with E-state index < -0.39 is 0 Å². The fourth-order valence-corrected chi connectivity index (χ4v) is 3.24. The van der Waals surface area contributed by atoms with Gasteiger partial charge < -0.3 is 10.0 Å². The van der Waals surface area contributed by atoms with Crippen LogP contribution in [-0.2, 0) is 13.0 Å². The van der Waals surface area contributed by atoms with Gasteiger partial charge >= 0.3 is 0 Å². The maximum Gasteiger partial charge on any atom is 0.115 e. The minimum Gasteiger partial charge on any atom is -0.508 e. The predicted molar refractivity (Wildman–Crippen MR) is 86.2 cm³/mol. The van der Waals surface area contributed by atoms with Crippen LogP contribution in [0.3, 0.4) is 0 Å². The molecule has 1 heterocycles. The smallest absolute Gasteiger partial charge is 0.115 e. The third-order valence-electron chi connectivity index (χ3n) is 4.03. The molecule has 0 aromatic heterocycles. The molecular formula is C17H18BrNO. The molecule has 1 unspecified atom stereocenters. The molecule has 0 bridgehead atoms. The molecule has 104 valence electrons. The second-order valence-electron chi connectivity index (χ2n) is 5.42. The van der Waals surface area contributed by atoms with Crippen molar-refractivity contribution in [2.24, 2.45) is 0 Å². The maximum absolute atomic E-state index is 9.69. The molecule has 2 aromatic carbocycles. The van der Waals surface area contributed by atoms with Crippen molar-refractivity contribution in [1.29, 1.82) is 0 Å². The average Bonchev–Trinajstić information content (AvgIpc) is 2.46. The van der Waals surface area contributed by atoms with E-state index in [1.54, 1.807) is 6.07 Å². The third kappa shape index (κ3) is 2.55. The Kier molecular flexibility index (Phi) is 3.70. The number of rotatable bonds is 2. The maximum atomic E-state index is 9.69. The normalized spacial score (nSPS) is 17.9. The SMILES string of the molecule is CC1CCc2ccccc2N1Cc1cc(O)ccc1Br. The molecule has 0 amide bonds. The number of para-hydroxylation sites is 1. The predicted octanol–water partition coefficient (Wildman–Crippen LogP) is 4.50. The highest BCUT2D eigenvalue weighted by Crippen LogP contribution is 2.33. The van der Waals surface area contributed by atoms with E-state index in [1.807, 2.05) is 12.1 Å². The molecule has 0 radical (unpaired) electrons. The van der Waals surface area contributed by atoms with Crippen molar-refractivity contribution >= 4 is 21.6 Å². The van der Waals surface area contributed by atoms with Crippen molar-refractivity contribution < 1.29 is 5.11 Å². The molecule has 1 aliphatic rings. The lowest BCUT2D eigenvalue weighted by Crippen LogP contribution is -2.36. The Morgan fingerprint density at radius 3 is 2.90 bits per heavy atom. The molecular weight excluding hydrogens is 314 g/mol. The van der Waals surface area contributed by atoms with Gasteiger partial charge in [0, 0.05) is 22.7 Å². The Morgan fingerprint density at radius 2 is 2.05 bits per heavy atom. The molecule has 1 atom stereocenters. The van der Waals surface area contributed by atoms with Crippen LogP contribution in [0, 0.1) is 0 Å². The Morgan fingerprint density at radius 1 is 1.25 bits per heavy atom. The van der Waals surface area contributed by atoms with E-state index in [2.05, 4.69) is 52.0 Å². The summed E-state index contributed by atoms with van der Waals surface area (Å²) >= 11 is 3.58. The summed E-state index contributed by atoms with van der Waals surface area (Å²) in [5.41, 5.74) is 3.86. The fourth-order valence-electron chi connectivity index (χ4n) is 2.87. The van der Waals surface area contributed by atoms with Gasteiger partial charge in [0.1, 0.15) is 5.75 Å². The lowest BCUT2D eigenvalue weighted by Gasteiger charge is -2.37. The van der Waals surface area contributed by atoms with Gasteiger partial charge in [0.2, 0.25) is 0 Å². The van der Waals surface area contributed by atoms with Crippen LogP contribution in [0.2, 0.25) is 0 Å². The summed E-state index contributed by atoms with van der Waals surface area (Å²) in [7, 11) is 0. The van der Waals surface area contributed by atoms with Crippen LogP contribution in [0.15, 0.2) is 46.9 Å². The number of anilines is 1. The first-order valence-corrected chi connectivity index (χ1v) is 7.76. The second kappa shape index (κ2) is 5.49. The summed E-state index contributed by atoms with van der Waals surface area (Å²) in [5, 5.41) is 9.69. The van der Waals surface area contributed by atoms with Crippen molar-refractivity contribution in [3.05, 3.63) is 58.1 Å². The minimum atomic E-state index is 0.321. The number of nitrogens with zero attached hydrogens (tertiary/aromatic N) is 1. The molecule has 3 rings (SSSR count). The lowest BCUT2D eigenvalue weighted by molar-refractivity contribution is 0.473. The van der Waals surface area contributed by atoms with E-state index >= 15 is 0 Å². The number of benzene rings is 2. The third-order valence-corrected chi connectivity index (χ3v) is 4.81. The Labute approximate surface area is 128 Å². The van der Waals surface area contributed by atoms with Gasteiger partial charge in [0.15, 0.2) is 0 Å². The highest BCUT2D eigenvalue weighted by atomic mass is 79.9. The van der Waals surface area contributed by atoms with E-state index in [-0.39, 0.29) is 0 Å². The zero-order chi connectivity index (χ0) is 14.1. The monoisotopic (exact) mass is 331 g/mol. The van der Waals surface area contributed by atoms with Crippen LogP contribution in [0.1, 0.15) is 24.5 Å². The Balaban J connectivity index is 1.95. The van der Waals surface area contributed by atoms with Gasteiger partial charge in [-0.3, -0.25) is 0 Å². The molecule has 0 saturated carbocycles. The fraction of sp³-hybridized carbons (Fsp3) is 0.294. The summed E-state index contributed by atoms with van der Waals surface area (Å²) in [4.78, 5) is 2.43. The molecule has 0 spiro atoms. The first-order valence-electron chi connectivity index (χ1n) is 6.97. The average molecular weight is 332 g/mol. The van der Waals surface area contributed by atoms with Crippen molar-refractivity contribution in [3.8, 4) is 5.75 Å². The van der Waals surface area contributed by atoms with Crippen LogP contribution in [0.25, 0.3) is 0 Å². The number of phenolic OH excluding ortho intramolecular Hbond substituents is 1. The number of aromatic hydroxyl groups is 1. The molecule has 3 heteroatoms.